The number of nitriles is 1. The molecular weight excluding hydrogens is 731 g/mol. The van der Waals surface area contributed by atoms with Crippen molar-refractivity contribution >= 4 is 53.1 Å². The van der Waals surface area contributed by atoms with Gasteiger partial charge < -0.3 is 0 Å². The van der Waals surface area contributed by atoms with Crippen LogP contribution in [0.3, 0.4) is 0 Å². The summed E-state index contributed by atoms with van der Waals surface area (Å²) in [4.78, 5) is 0. The quantitative estimate of drug-likeness (QED) is 0.164. The summed E-state index contributed by atoms with van der Waals surface area (Å²) in [5, 5.41) is 17.1. The number of fused-ring (bicyclic) bond motifs is 11. The molecule has 0 N–H and O–H groups in total. The first-order valence-corrected chi connectivity index (χ1v) is 21.4. The van der Waals surface area contributed by atoms with E-state index in [1.807, 2.05) is 12.1 Å². The summed E-state index contributed by atoms with van der Waals surface area (Å²) in [6, 6.07) is 63.6. The standard InChI is InChI=1S/C57H39NS/c1-56(2)48-15-9-7-11-38(48)40-22-19-36(30-50(40)56)54-42-13-5-6-14-43(42)55(37-20-23-41-39-12-8-10-16-49(39)57(3,4)51(41)31-37)47-29-34(18-24-44(47)54)35-21-26-53-46(28-35)45-27-33(32-58)17-25-52(45)59-53/h5-31H,1-4H3. The maximum absolute atomic E-state index is 9.73. The van der Waals surface area contributed by atoms with Crippen molar-refractivity contribution in [1.29, 1.82) is 5.26 Å². The average Bonchev–Trinajstić information content (AvgIpc) is 3.83. The lowest BCUT2D eigenvalue weighted by Crippen LogP contribution is -2.15. The van der Waals surface area contributed by atoms with E-state index >= 15 is 0 Å². The third kappa shape index (κ3) is 4.77. The van der Waals surface area contributed by atoms with E-state index in [4.69, 9.17) is 0 Å². The fourth-order valence-electron chi connectivity index (χ4n) is 10.7. The van der Waals surface area contributed by atoms with Gasteiger partial charge in [-0.1, -0.05) is 143 Å². The van der Waals surface area contributed by atoms with E-state index in [0.29, 0.717) is 5.56 Å². The van der Waals surface area contributed by atoms with Crippen LogP contribution >= 0.6 is 11.3 Å². The molecule has 0 saturated carbocycles. The first-order chi connectivity index (χ1) is 28.7. The molecule has 0 saturated heterocycles. The van der Waals surface area contributed by atoms with Gasteiger partial charge in [0.15, 0.2) is 0 Å². The molecule has 0 unspecified atom stereocenters. The molecule has 278 valence electrons. The molecule has 2 heteroatoms. The SMILES string of the molecule is CC1(C)c2ccccc2-c2ccc(-c3c4ccccc4c(-c4ccc5c(c4)C(C)(C)c4ccccc4-5)c4cc(-c5ccc6sc7ccc(C#N)cc7c6c5)ccc34)cc21. The topological polar surface area (TPSA) is 23.8 Å². The van der Waals surface area contributed by atoms with Gasteiger partial charge in [-0.05, 0) is 148 Å². The second-order valence-electron chi connectivity index (χ2n) is 17.6. The van der Waals surface area contributed by atoms with Gasteiger partial charge in [0.1, 0.15) is 0 Å². The maximum Gasteiger partial charge on any atom is 0.0991 e. The zero-order chi connectivity index (χ0) is 39.8. The second kappa shape index (κ2) is 12.1. The van der Waals surface area contributed by atoms with Crippen molar-refractivity contribution in [3.63, 3.8) is 0 Å². The molecule has 0 bridgehead atoms. The van der Waals surface area contributed by atoms with Crippen LogP contribution in [-0.2, 0) is 10.8 Å². The highest BCUT2D eigenvalue weighted by Crippen LogP contribution is 2.54. The Labute approximate surface area is 348 Å². The largest absolute Gasteiger partial charge is 0.192 e. The Morgan fingerprint density at radius 3 is 1.41 bits per heavy atom. The Morgan fingerprint density at radius 1 is 0.373 bits per heavy atom. The summed E-state index contributed by atoms with van der Waals surface area (Å²) in [7, 11) is 0. The summed E-state index contributed by atoms with van der Waals surface area (Å²) in [5.41, 5.74) is 18.7. The fourth-order valence-corrected chi connectivity index (χ4v) is 11.8. The molecule has 1 aromatic heterocycles. The highest BCUT2D eigenvalue weighted by Gasteiger charge is 2.37. The summed E-state index contributed by atoms with van der Waals surface area (Å²) < 4.78 is 2.44. The molecule has 0 fully saturated rings. The molecule has 0 radical (unpaired) electrons. The fraction of sp³-hybridized carbons (Fsp3) is 0.105. The summed E-state index contributed by atoms with van der Waals surface area (Å²) in [5.74, 6) is 0. The van der Waals surface area contributed by atoms with E-state index in [9.17, 15) is 5.26 Å². The number of hydrogen-bond donors (Lipinski definition) is 0. The van der Waals surface area contributed by atoms with Crippen LogP contribution in [0.2, 0.25) is 0 Å². The molecule has 9 aromatic carbocycles. The number of thiophene rings is 1. The van der Waals surface area contributed by atoms with E-state index in [1.165, 1.54) is 114 Å². The van der Waals surface area contributed by atoms with Crippen LogP contribution in [0, 0.1) is 11.3 Å². The predicted molar refractivity (Wildman–Crippen MR) is 250 cm³/mol. The van der Waals surface area contributed by atoms with Gasteiger partial charge in [-0.2, -0.15) is 5.26 Å². The number of benzene rings is 9. The third-order valence-electron chi connectivity index (χ3n) is 13.7. The van der Waals surface area contributed by atoms with Gasteiger partial charge in [0.25, 0.3) is 0 Å². The minimum atomic E-state index is -0.114. The van der Waals surface area contributed by atoms with E-state index in [0.717, 1.165) is 5.39 Å². The number of nitrogens with zero attached hydrogens (tertiary/aromatic N) is 1. The highest BCUT2D eigenvalue weighted by atomic mass is 32.1. The zero-order valence-electron chi connectivity index (χ0n) is 33.4. The van der Waals surface area contributed by atoms with Crippen LogP contribution in [0.15, 0.2) is 164 Å². The monoisotopic (exact) mass is 769 g/mol. The van der Waals surface area contributed by atoms with Crippen LogP contribution in [0.1, 0.15) is 55.5 Å². The Morgan fingerprint density at radius 2 is 0.814 bits per heavy atom. The first kappa shape index (κ1) is 34.3. The van der Waals surface area contributed by atoms with Crippen molar-refractivity contribution in [2.24, 2.45) is 0 Å². The van der Waals surface area contributed by atoms with Crippen LogP contribution in [0.25, 0.3) is 97.4 Å². The van der Waals surface area contributed by atoms with Crippen LogP contribution in [-0.4, -0.2) is 0 Å². The predicted octanol–water partition coefficient (Wildman–Crippen LogP) is 15.8. The van der Waals surface area contributed by atoms with Crippen molar-refractivity contribution in [2.75, 3.05) is 0 Å². The molecule has 0 atom stereocenters. The molecule has 2 aliphatic carbocycles. The molecular formula is C57H39NS. The summed E-state index contributed by atoms with van der Waals surface area (Å²) in [6.07, 6.45) is 0. The minimum Gasteiger partial charge on any atom is -0.192 e. The molecule has 2 aliphatic rings. The normalized spacial score (nSPS) is 14.4. The summed E-state index contributed by atoms with van der Waals surface area (Å²) >= 11 is 1.79. The van der Waals surface area contributed by atoms with Crippen molar-refractivity contribution in [2.45, 2.75) is 38.5 Å². The Hall–Kier alpha value is -6.79. The van der Waals surface area contributed by atoms with Gasteiger partial charge in [-0.3, -0.25) is 0 Å². The molecule has 0 aliphatic heterocycles. The maximum atomic E-state index is 9.73. The average molecular weight is 770 g/mol. The van der Waals surface area contributed by atoms with Crippen LogP contribution in [0.5, 0.6) is 0 Å². The van der Waals surface area contributed by atoms with E-state index in [2.05, 4.69) is 185 Å². The summed E-state index contributed by atoms with van der Waals surface area (Å²) in [6.45, 7) is 9.48. The van der Waals surface area contributed by atoms with E-state index < -0.39 is 0 Å². The zero-order valence-corrected chi connectivity index (χ0v) is 34.3. The molecule has 10 aromatic rings. The number of hydrogen-bond acceptors (Lipinski definition) is 2. The minimum absolute atomic E-state index is 0.103. The number of rotatable bonds is 3. The lowest BCUT2D eigenvalue weighted by molar-refractivity contribution is 0.660. The van der Waals surface area contributed by atoms with Crippen molar-refractivity contribution in [1.82, 2.24) is 0 Å². The molecule has 1 heterocycles. The van der Waals surface area contributed by atoms with Gasteiger partial charge in [0.2, 0.25) is 0 Å². The van der Waals surface area contributed by atoms with Gasteiger partial charge in [0.05, 0.1) is 11.6 Å². The lowest BCUT2D eigenvalue weighted by atomic mass is 9.79. The molecule has 1 nitrogen and oxygen atoms in total. The van der Waals surface area contributed by atoms with E-state index in [-0.39, 0.29) is 10.8 Å². The molecule has 59 heavy (non-hydrogen) atoms. The smallest absolute Gasteiger partial charge is 0.0991 e. The van der Waals surface area contributed by atoms with E-state index in [1.54, 1.807) is 11.3 Å². The van der Waals surface area contributed by atoms with Crippen molar-refractivity contribution < 1.29 is 0 Å². The van der Waals surface area contributed by atoms with Gasteiger partial charge in [0, 0.05) is 31.0 Å². The molecule has 0 amide bonds. The molecule has 12 rings (SSSR count). The lowest BCUT2D eigenvalue weighted by Gasteiger charge is -2.24. The Balaban J connectivity index is 1.14. The second-order valence-corrected chi connectivity index (χ2v) is 18.6. The highest BCUT2D eigenvalue weighted by molar-refractivity contribution is 7.25. The first-order valence-electron chi connectivity index (χ1n) is 20.6. The van der Waals surface area contributed by atoms with Gasteiger partial charge in [-0.15, -0.1) is 11.3 Å². The van der Waals surface area contributed by atoms with Gasteiger partial charge >= 0.3 is 0 Å². The van der Waals surface area contributed by atoms with Crippen molar-refractivity contribution in [3.8, 4) is 61.7 Å². The van der Waals surface area contributed by atoms with Crippen molar-refractivity contribution in [3.05, 3.63) is 192 Å². The van der Waals surface area contributed by atoms with Crippen LogP contribution < -0.4 is 0 Å². The third-order valence-corrected chi connectivity index (χ3v) is 14.9. The Bertz CT molecular complexity index is 3510. The van der Waals surface area contributed by atoms with Gasteiger partial charge in [-0.25, -0.2) is 0 Å². The Kier molecular flexibility index (Phi) is 7.04. The van der Waals surface area contributed by atoms with Crippen LogP contribution in [0.4, 0.5) is 0 Å². The molecule has 0 spiro atoms.